The molecule has 0 saturated heterocycles. The molecule has 2 amide bonds. The molecule has 0 aromatic heterocycles. The summed E-state index contributed by atoms with van der Waals surface area (Å²) in [6.07, 6.45) is -1.27. The van der Waals surface area contributed by atoms with E-state index in [-0.39, 0.29) is 38.0 Å². The highest BCUT2D eigenvalue weighted by atomic mass is 35.5. The second-order valence-corrected chi connectivity index (χ2v) is 12.2. The van der Waals surface area contributed by atoms with Crippen molar-refractivity contribution < 1.29 is 37.3 Å². The maximum atomic E-state index is 13.6. The van der Waals surface area contributed by atoms with E-state index in [0.717, 1.165) is 30.5 Å². The molecule has 0 fully saturated rings. The standard InChI is InChI=1S/C27H20Cl2N2O9S/c1-41(38,39)12-11-22(30-25(33)18-13-20(28)21(29)14-19(18)26(30)34)27(35)40-24(23(32)15-5-3-2-4-6-15)16-7-9-17(10-8-16)31(36)37/h2-10,13-14,22,24H,11-12H2,1H3/t22-,24-/m0/s1. The molecule has 2 atom stereocenters. The Morgan fingerprint density at radius 2 is 1.49 bits per heavy atom. The van der Waals surface area contributed by atoms with Crippen LogP contribution < -0.4 is 0 Å². The Labute approximate surface area is 243 Å². The lowest BCUT2D eigenvalue weighted by Crippen LogP contribution is -2.47. The van der Waals surface area contributed by atoms with Gasteiger partial charge in [-0.3, -0.25) is 29.4 Å². The third-order valence-electron chi connectivity index (χ3n) is 6.24. The van der Waals surface area contributed by atoms with Crippen molar-refractivity contribution >= 4 is 62.3 Å². The number of fused-ring (bicyclic) bond motifs is 1. The van der Waals surface area contributed by atoms with Crippen LogP contribution in [0.2, 0.25) is 10.0 Å². The fraction of sp³-hybridized carbons (Fsp3) is 0.185. The van der Waals surface area contributed by atoms with Gasteiger partial charge in [0, 0.05) is 29.5 Å². The summed E-state index contributed by atoms with van der Waals surface area (Å²) in [5, 5.41) is 11.1. The lowest BCUT2D eigenvalue weighted by Gasteiger charge is -2.27. The average molecular weight is 619 g/mol. The molecule has 1 heterocycles. The van der Waals surface area contributed by atoms with Gasteiger partial charge in [0.05, 0.1) is 31.8 Å². The van der Waals surface area contributed by atoms with E-state index in [1.807, 2.05) is 0 Å². The normalized spacial score (nSPS) is 14.4. The molecule has 0 unspecified atom stereocenters. The van der Waals surface area contributed by atoms with Crippen LogP contribution in [-0.4, -0.2) is 59.9 Å². The molecule has 4 rings (SSSR count). The van der Waals surface area contributed by atoms with Crippen molar-refractivity contribution in [3.05, 3.63) is 109 Å². The van der Waals surface area contributed by atoms with Gasteiger partial charge in [-0.05, 0) is 30.7 Å². The Balaban J connectivity index is 1.74. The molecule has 0 aliphatic carbocycles. The molecule has 0 radical (unpaired) electrons. The number of amides is 2. The number of non-ortho nitro benzene ring substituents is 1. The van der Waals surface area contributed by atoms with Crippen LogP contribution in [0, 0.1) is 10.1 Å². The van der Waals surface area contributed by atoms with Gasteiger partial charge < -0.3 is 4.74 Å². The van der Waals surface area contributed by atoms with Gasteiger partial charge in [0.1, 0.15) is 15.9 Å². The molecule has 0 bridgehead atoms. The Morgan fingerprint density at radius 3 is 1.98 bits per heavy atom. The number of halogens is 2. The number of ketones is 1. The first-order chi connectivity index (χ1) is 19.3. The second-order valence-electron chi connectivity index (χ2n) is 9.12. The van der Waals surface area contributed by atoms with Crippen molar-refractivity contribution in [2.75, 3.05) is 12.0 Å². The number of sulfone groups is 1. The molecule has 3 aromatic carbocycles. The van der Waals surface area contributed by atoms with E-state index >= 15 is 0 Å². The first kappa shape index (κ1) is 29.8. The summed E-state index contributed by atoms with van der Waals surface area (Å²) in [6.45, 7) is 0. The number of hydrogen-bond donors (Lipinski definition) is 0. The van der Waals surface area contributed by atoms with Gasteiger partial charge in [-0.1, -0.05) is 53.5 Å². The van der Waals surface area contributed by atoms with Gasteiger partial charge in [-0.25, -0.2) is 13.2 Å². The maximum absolute atomic E-state index is 13.6. The molecule has 1 aliphatic heterocycles. The lowest BCUT2D eigenvalue weighted by molar-refractivity contribution is -0.384. The molecule has 1 aliphatic rings. The number of esters is 1. The topological polar surface area (TPSA) is 158 Å². The van der Waals surface area contributed by atoms with Gasteiger partial charge in [0.15, 0.2) is 6.10 Å². The lowest BCUT2D eigenvalue weighted by atomic mass is 9.99. The number of Topliss-reactive ketones (excluding diaryl/α,β-unsaturated/α-hetero) is 1. The molecule has 212 valence electrons. The monoisotopic (exact) mass is 618 g/mol. The minimum absolute atomic E-state index is 0.0182. The fourth-order valence-corrected chi connectivity index (χ4v) is 5.18. The highest BCUT2D eigenvalue weighted by molar-refractivity contribution is 7.90. The first-order valence-corrected chi connectivity index (χ1v) is 14.7. The molecule has 41 heavy (non-hydrogen) atoms. The van der Waals surface area contributed by atoms with Crippen LogP contribution in [0.5, 0.6) is 0 Å². The van der Waals surface area contributed by atoms with Gasteiger partial charge in [-0.15, -0.1) is 0 Å². The number of carbonyl (C=O) groups is 4. The SMILES string of the molecule is CS(=O)(=O)CC[C@@H](C(=O)O[C@H](C(=O)c1ccccc1)c1ccc([N+](=O)[O-])cc1)N1C(=O)c2cc(Cl)c(Cl)cc2C1=O. The molecule has 3 aromatic rings. The van der Waals surface area contributed by atoms with Gasteiger partial charge >= 0.3 is 5.97 Å². The van der Waals surface area contributed by atoms with E-state index in [1.54, 1.807) is 18.2 Å². The molecule has 14 heteroatoms. The largest absolute Gasteiger partial charge is 0.447 e. The van der Waals surface area contributed by atoms with E-state index < -0.39 is 62.6 Å². The first-order valence-electron chi connectivity index (χ1n) is 11.9. The third-order valence-corrected chi connectivity index (χ3v) is 7.94. The van der Waals surface area contributed by atoms with E-state index in [0.29, 0.717) is 4.90 Å². The molecule has 0 saturated carbocycles. The molecular weight excluding hydrogens is 599 g/mol. The van der Waals surface area contributed by atoms with Crippen molar-refractivity contribution in [1.82, 2.24) is 4.90 Å². The van der Waals surface area contributed by atoms with Gasteiger partial charge in [0.2, 0.25) is 5.78 Å². The number of carbonyl (C=O) groups excluding carboxylic acids is 4. The van der Waals surface area contributed by atoms with Crippen LogP contribution in [0.4, 0.5) is 5.69 Å². The van der Waals surface area contributed by atoms with Crippen molar-refractivity contribution in [2.45, 2.75) is 18.6 Å². The zero-order valence-corrected chi connectivity index (χ0v) is 23.5. The summed E-state index contributed by atoms with van der Waals surface area (Å²) in [6, 6.07) is 13.0. The quantitative estimate of drug-likeness (QED) is 0.105. The fourth-order valence-electron chi connectivity index (χ4n) is 4.21. The molecule has 0 spiro atoms. The van der Waals surface area contributed by atoms with Crippen molar-refractivity contribution in [1.29, 1.82) is 0 Å². The van der Waals surface area contributed by atoms with Crippen molar-refractivity contribution in [2.24, 2.45) is 0 Å². The van der Waals surface area contributed by atoms with Gasteiger partial charge in [0.25, 0.3) is 17.5 Å². The van der Waals surface area contributed by atoms with Crippen molar-refractivity contribution in [3.8, 4) is 0 Å². The van der Waals surface area contributed by atoms with E-state index in [2.05, 4.69) is 0 Å². The Kier molecular flexibility index (Phi) is 8.57. The van der Waals surface area contributed by atoms with Crippen molar-refractivity contribution in [3.63, 3.8) is 0 Å². The number of rotatable bonds is 10. The number of imide groups is 1. The number of hydrogen-bond acceptors (Lipinski definition) is 9. The van der Waals surface area contributed by atoms with Crippen LogP contribution >= 0.6 is 23.2 Å². The minimum Gasteiger partial charge on any atom is -0.447 e. The van der Waals surface area contributed by atoms with Crippen LogP contribution in [0.25, 0.3) is 0 Å². The molecule has 11 nitrogen and oxygen atoms in total. The Bertz CT molecular complexity index is 1640. The Morgan fingerprint density at radius 1 is 0.951 bits per heavy atom. The summed E-state index contributed by atoms with van der Waals surface area (Å²) < 4.78 is 29.6. The summed E-state index contributed by atoms with van der Waals surface area (Å²) in [4.78, 5) is 64.7. The number of benzene rings is 3. The zero-order chi connectivity index (χ0) is 30.1. The zero-order valence-electron chi connectivity index (χ0n) is 21.2. The number of nitro benzene ring substituents is 1. The highest BCUT2D eigenvalue weighted by Crippen LogP contribution is 2.34. The number of nitrogens with zero attached hydrogens (tertiary/aromatic N) is 2. The average Bonchev–Trinajstić information content (AvgIpc) is 3.16. The van der Waals surface area contributed by atoms with Crippen LogP contribution in [0.15, 0.2) is 66.7 Å². The predicted octanol–water partition coefficient (Wildman–Crippen LogP) is 4.47. The smallest absolute Gasteiger partial charge is 0.330 e. The van der Waals surface area contributed by atoms with Crippen LogP contribution in [0.1, 0.15) is 49.2 Å². The molecular formula is C27H20Cl2N2O9S. The highest BCUT2D eigenvalue weighted by Gasteiger charge is 2.45. The second kappa shape index (κ2) is 11.8. The Hall–Kier alpha value is -4.13. The van der Waals surface area contributed by atoms with E-state index in [1.165, 1.54) is 24.3 Å². The van der Waals surface area contributed by atoms with E-state index in [9.17, 15) is 37.7 Å². The number of nitro groups is 1. The van der Waals surface area contributed by atoms with Gasteiger partial charge in [-0.2, -0.15) is 0 Å². The van der Waals surface area contributed by atoms with Crippen LogP contribution in [-0.2, 0) is 19.4 Å². The van der Waals surface area contributed by atoms with Crippen LogP contribution in [0.3, 0.4) is 0 Å². The number of ether oxygens (including phenoxy) is 1. The predicted molar refractivity (Wildman–Crippen MR) is 148 cm³/mol. The minimum atomic E-state index is -3.68. The summed E-state index contributed by atoms with van der Waals surface area (Å²) in [5.41, 5.74) is -0.357. The summed E-state index contributed by atoms with van der Waals surface area (Å²) >= 11 is 12.0. The third kappa shape index (κ3) is 6.45. The maximum Gasteiger partial charge on any atom is 0.330 e. The summed E-state index contributed by atoms with van der Waals surface area (Å²) in [7, 11) is -3.68. The summed E-state index contributed by atoms with van der Waals surface area (Å²) in [5.74, 6) is -4.40. The van der Waals surface area contributed by atoms with E-state index in [4.69, 9.17) is 27.9 Å². The molecule has 0 N–H and O–H groups in total.